The van der Waals surface area contributed by atoms with Crippen LogP contribution in [-0.4, -0.2) is 64.6 Å². The molecule has 2 saturated heterocycles. The van der Waals surface area contributed by atoms with Gasteiger partial charge in [0.1, 0.15) is 17.2 Å². The average Bonchev–Trinajstić information content (AvgIpc) is 3.70. The minimum Gasteiger partial charge on any atom is -0.494 e. The van der Waals surface area contributed by atoms with Gasteiger partial charge in [0.05, 0.1) is 13.2 Å². The third-order valence-corrected chi connectivity index (χ3v) is 10.1. The summed E-state index contributed by atoms with van der Waals surface area (Å²) in [5, 5.41) is 0.163. The summed E-state index contributed by atoms with van der Waals surface area (Å²) in [6.07, 6.45) is 5.81. The van der Waals surface area contributed by atoms with E-state index in [4.69, 9.17) is 9.47 Å². The first-order valence-electron chi connectivity index (χ1n) is 14.7. The van der Waals surface area contributed by atoms with Gasteiger partial charge in [-0.1, -0.05) is 23.9 Å². The Balaban J connectivity index is 1.10. The monoisotopic (exact) mass is 566 g/mol. The molecule has 6 nitrogen and oxygen atoms in total. The van der Waals surface area contributed by atoms with E-state index in [0.29, 0.717) is 25.0 Å². The van der Waals surface area contributed by atoms with Gasteiger partial charge < -0.3 is 14.4 Å². The van der Waals surface area contributed by atoms with Gasteiger partial charge in [0.25, 0.3) is 0 Å². The Morgan fingerprint density at radius 1 is 1.15 bits per heavy atom. The fourth-order valence-corrected chi connectivity index (χ4v) is 7.29. The lowest BCUT2D eigenvalue weighted by Crippen LogP contribution is -2.50. The zero-order valence-electron chi connectivity index (χ0n) is 23.5. The quantitative estimate of drug-likeness (QED) is 0.340. The number of carbonyl (C=O) groups is 2. The number of benzene rings is 2. The van der Waals surface area contributed by atoms with Crippen molar-refractivity contribution in [2.75, 3.05) is 32.0 Å². The van der Waals surface area contributed by atoms with Gasteiger partial charge in [-0.05, 0) is 85.4 Å². The topological polar surface area (TPSA) is 59.1 Å². The Bertz CT molecular complexity index is 1250. The molecule has 4 fully saturated rings. The third-order valence-electron chi connectivity index (χ3n) is 9.04. The SMILES string of the molecule is CCOc1cc(-c2ccc(F)cc2)c(C2CC2)cc1CN1CCC2(CC1)CN(C1CC(CSC(C)=O)C1)C(=O)O2. The van der Waals surface area contributed by atoms with E-state index in [0.717, 1.165) is 67.9 Å². The number of rotatable bonds is 9. The number of hydrogen-bond acceptors (Lipinski definition) is 6. The maximum atomic E-state index is 13.6. The number of thioether (sulfide) groups is 1. The molecule has 0 aromatic heterocycles. The molecule has 0 N–H and O–H groups in total. The molecule has 1 amide bonds. The standard InChI is InChI=1S/C32H39FN2O4S/c1-3-38-30-17-29(24-6-8-26(33)9-7-24)28(23-4-5-23)16-25(30)18-34-12-10-32(11-13-34)20-35(31(37)39-32)27-14-22(15-27)19-40-21(2)36/h6-9,16-17,22-23,27H,3-5,10-15,18-20H2,1-2H3. The Kier molecular flexibility index (Phi) is 7.83. The fourth-order valence-electron chi connectivity index (χ4n) is 6.54. The Hall–Kier alpha value is -2.58. The normalized spacial score (nSPS) is 24.2. The molecule has 2 heterocycles. The van der Waals surface area contributed by atoms with Crippen molar-refractivity contribution in [1.29, 1.82) is 0 Å². The first-order chi connectivity index (χ1) is 19.3. The summed E-state index contributed by atoms with van der Waals surface area (Å²) in [5.41, 5.74) is 4.31. The van der Waals surface area contributed by atoms with Crippen molar-refractivity contribution in [3.63, 3.8) is 0 Å². The lowest BCUT2D eigenvalue weighted by atomic mass is 9.80. The number of halogens is 1. The molecule has 0 bridgehead atoms. The van der Waals surface area contributed by atoms with Crippen LogP contribution in [0.3, 0.4) is 0 Å². The van der Waals surface area contributed by atoms with E-state index in [9.17, 15) is 14.0 Å². The first-order valence-corrected chi connectivity index (χ1v) is 15.7. The smallest absolute Gasteiger partial charge is 0.410 e. The minimum absolute atomic E-state index is 0.163. The molecule has 40 heavy (non-hydrogen) atoms. The summed E-state index contributed by atoms with van der Waals surface area (Å²) in [7, 11) is 0. The van der Waals surface area contributed by atoms with Crippen LogP contribution in [0.4, 0.5) is 9.18 Å². The Morgan fingerprint density at radius 3 is 2.52 bits per heavy atom. The molecule has 0 unspecified atom stereocenters. The zero-order chi connectivity index (χ0) is 27.9. The first kappa shape index (κ1) is 27.6. The molecular weight excluding hydrogens is 527 g/mol. The second kappa shape index (κ2) is 11.4. The van der Waals surface area contributed by atoms with E-state index in [1.807, 2.05) is 24.0 Å². The summed E-state index contributed by atoms with van der Waals surface area (Å²) >= 11 is 1.39. The van der Waals surface area contributed by atoms with Crippen LogP contribution in [0.1, 0.15) is 69.4 Å². The van der Waals surface area contributed by atoms with Crippen LogP contribution in [0.15, 0.2) is 36.4 Å². The predicted octanol–water partition coefficient (Wildman–Crippen LogP) is 6.61. The van der Waals surface area contributed by atoms with Crippen molar-refractivity contribution in [2.24, 2.45) is 5.92 Å². The highest BCUT2D eigenvalue weighted by molar-refractivity contribution is 8.13. The van der Waals surface area contributed by atoms with Gasteiger partial charge in [-0.25, -0.2) is 9.18 Å². The molecular formula is C32H39FN2O4S. The molecule has 8 heteroatoms. The molecule has 2 saturated carbocycles. The van der Waals surface area contributed by atoms with E-state index >= 15 is 0 Å². The number of likely N-dealkylation sites (tertiary alicyclic amines) is 1. The summed E-state index contributed by atoms with van der Waals surface area (Å²) in [4.78, 5) is 28.5. The van der Waals surface area contributed by atoms with Gasteiger partial charge in [-0.15, -0.1) is 0 Å². The number of carbonyl (C=O) groups excluding carboxylic acids is 2. The van der Waals surface area contributed by atoms with Gasteiger partial charge in [-0.2, -0.15) is 0 Å². The predicted molar refractivity (Wildman–Crippen MR) is 155 cm³/mol. The summed E-state index contributed by atoms with van der Waals surface area (Å²) < 4.78 is 25.8. The molecule has 6 rings (SSSR count). The summed E-state index contributed by atoms with van der Waals surface area (Å²) in [6.45, 7) is 7.42. The molecule has 4 aliphatic rings. The molecule has 214 valence electrons. The number of hydrogen-bond donors (Lipinski definition) is 0. The highest BCUT2D eigenvalue weighted by atomic mass is 32.2. The van der Waals surface area contributed by atoms with Gasteiger partial charge in [0.15, 0.2) is 5.12 Å². The Morgan fingerprint density at radius 2 is 1.88 bits per heavy atom. The second-order valence-corrected chi connectivity index (χ2v) is 13.2. The van der Waals surface area contributed by atoms with Crippen LogP contribution in [0, 0.1) is 11.7 Å². The van der Waals surface area contributed by atoms with Gasteiger partial charge in [0.2, 0.25) is 0 Å². The lowest BCUT2D eigenvalue weighted by Gasteiger charge is -2.41. The molecule has 2 aliphatic carbocycles. The summed E-state index contributed by atoms with van der Waals surface area (Å²) in [5.74, 6) is 2.59. The van der Waals surface area contributed by atoms with E-state index in [-0.39, 0.29) is 28.7 Å². The van der Waals surface area contributed by atoms with Crippen LogP contribution >= 0.6 is 11.8 Å². The van der Waals surface area contributed by atoms with Gasteiger partial charge in [-0.3, -0.25) is 9.69 Å². The van der Waals surface area contributed by atoms with E-state index < -0.39 is 0 Å². The maximum Gasteiger partial charge on any atom is 0.410 e. The van der Waals surface area contributed by atoms with Crippen LogP contribution < -0.4 is 4.74 Å². The van der Waals surface area contributed by atoms with Crippen LogP contribution in [-0.2, 0) is 16.1 Å². The van der Waals surface area contributed by atoms with Crippen molar-refractivity contribution < 1.29 is 23.5 Å². The second-order valence-electron chi connectivity index (χ2n) is 12.0. The molecule has 1 spiro atoms. The lowest BCUT2D eigenvalue weighted by molar-refractivity contribution is -0.109. The van der Waals surface area contributed by atoms with Crippen LogP contribution in [0.2, 0.25) is 0 Å². The van der Waals surface area contributed by atoms with Gasteiger partial charge in [0, 0.05) is 56.8 Å². The molecule has 2 aromatic rings. The van der Waals surface area contributed by atoms with Crippen molar-refractivity contribution in [1.82, 2.24) is 9.80 Å². The number of piperidine rings is 1. The van der Waals surface area contributed by atoms with E-state index in [1.54, 1.807) is 6.92 Å². The van der Waals surface area contributed by atoms with Crippen LogP contribution in [0.5, 0.6) is 5.75 Å². The van der Waals surface area contributed by atoms with E-state index in [2.05, 4.69) is 17.0 Å². The minimum atomic E-state index is -0.388. The average molecular weight is 567 g/mol. The highest BCUT2D eigenvalue weighted by Crippen LogP contribution is 2.47. The molecule has 2 aliphatic heterocycles. The van der Waals surface area contributed by atoms with Crippen molar-refractivity contribution >= 4 is 23.0 Å². The molecule has 0 radical (unpaired) electrons. The van der Waals surface area contributed by atoms with E-state index in [1.165, 1.54) is 47.9 Å². The van der Waals surface area contributed by atoms with Crippen molar-refractivity contribution in [3.05, 3.63) is 53.3 Å². The summed E-state index contributed by atoms with van der Waals surface area (Å²) in [6, 6.07) is 11.5. The largest absolute Gasteiger partial charge is 0.494 e. The highest BCUT2D eigenvalue weighted by Gasteiger charge is 2.51. The number of ether oxygens (including phenoxy) is 2. The molecule has 2 aromatic carbocycles. The Labute approximate surface area is 240 Å². The van der Waals surface area contributed by atoms with Gasteiger partial charge >= 0.3 is 6.09 Å². The zero-order valence-corrected chi connectivity index (χ0v) is 24.3. The fraction of sp³-hybridized carbons (Fsp3) is 0.562. The van der Waals surface area contributed by atoms with Crippen molar-refractivity contribution in [2.45, 2.75) is 76.5 Å². The van der Waals surface area contributed by atoms with Crippen molar-refractivity contribution in [3.8, 4) is 16.9 Å². The number of amides is 1. The molecule has 0 atom stereocenters. The van der Waals surface area contributed by atoms with Crippen LogP contribution in [0.25, 0.3) is 11.1 Å². The maximum absolute atomic E-state index is 13.6. The number of nitrogens with zero attached hydrogens (tertiary/aromatic N) is 2. The third kappa shape index (κ3) is 5.89.